The molecular formula is C14H16N2O2S. The van der Waals surface area contributed by atoms with Crippen LogP contribution in [0.5, 0.6) is 0 Å². The molecule has 1 aromatic carbocycles. The Morgan fingerprint density at radius 3 is 2.58 bits per heavy atom. The number of aromatic nitrogens is 1. The standard InChI is InChI=1S/C14H16N2O2S/c1-14(2,8-17)16-13(18)11-5-3-10(4-6-11)12-7-19-9-15-12/h3-7,9,17H,8H2,1-2H3,(H,16,18). The number of aliphatic hydroxyl groups is 1. The van der Waals surface area contributed by atoms with Crippen molar-refractivity contribution in [2.45, 2.75) is 19.4 Å². The van der Waals surface area contributed by atoms with Crippen LogP contribution in [0.2, 0.25) is 0 Å². The summed E-state index contributed by atoms with van der Waals surface area (Å²) in [4.78, 5) is 16.2. The summed E-state index contributed by atoms with van der Waals surface area (Å²) < 4.78 is 0. The molecular weight excluding hydrogens is 260 g/mol. The number of nitrogens with zero attached hydrogens (tertiary/aromatic N) is 1. The van der Waals surface area contributed by atoms with Gasteiger partial charge >= 0.3 is 0 Å². The van der Waals surface area contributed by atoms with Crippen LogP contribution < -0.4 is 5.32 Å². The van der Waals surface area contributed by atoms with Gasteiger partial charge in [-0.3, -0.25) is 4.79 Å². The summed E-state index contributed by atoms with van der Waals surface area (Å²) in [5, 5.41) is 13.9. The number of carbonyl (C=O) groups excluding carboxylic acids is 1. The second kappa shape index (κ2) is 5.50. The molecule has 0 bridgehead atoms. The lowest BCUT2D eigenvalue weighted by Crippen LogP contribution is -2.46. The zero-order chi connectivity index (χ0) is 13.9. The van der Waals surface area contributed by atoms with Crippen LogP contribution in [-0.2, 0) is 0 Å². The van der Waals surface area contributed by atoms with Gasteiger partial charge in [-0.2, -0.15) is 0 Å². The van der Waals surface area contributed by atoms with Crippen LogP contribution in [0.3, 0.4) is 0 Å². The van der Waals surface area contributed by atoms with E-state index < -0.39 is 5.54 Å². The average Bonchev–Trinajstić information content (AvgIpc) is 2.92. The van der Waals surface area contributed by atoms with Crippen molar-refractivity contribution in [1.29, 1.82) is 0 Å². The van der Waals surface area contributed by atoms with Gasteiger partial charge in [0.25, 0.3) is 5.91 Å². The summed E-state index contributed by atoms with van der Waals surface area (Å²) >= 11 is 1.54. The summed E-state index contributed by atoms with van der Waals surface area (Å²) in [7, 11) is 0. The van der Waals surface area contributed by atoms with Gasteiger partial charge < -0.3 is 10.4 Å². The molecule has 4 nitrogen and oxygen atoms in total. The first-order chi connectivity index (χ1) is 9.02. The summed E-state index contributed by atoms with van der Waals surface area (Å²) in [6, 6.07) is 7.26. The number of rotatable bonds is 4. The lowest BCUT2D eigenvalue weighted by Gasteiger charge is -2.23. The average molecular weight is 276 g/mol. The van der Waals surface area contributed by atoms with E-state index in [-0.39, 0.29) is 12.5 Å². The van der Waals surface area contributed by atoms with Crippen LogP contribution in [0.4, 0.5) is 0 Å². The highest BCUT2D eigenvalue weighted by atomic mass is 32.1. The molecule has 2 aromatic rings. The molecule has 1 aromatic heterocycles. The molecule has 1 amide bonds. The molecule has 2 N–H and O–H groups in total. The highest BCUT2D eigenvalue weighted by Gasteiger charge is 2.19. The van der Waals surface area contributed by atoms with E-state index >= 15 is 0 Å². The smallest absolute Gasteiger partial charge is 0.251 e. The number of amides is 1. The number of carbonyl (C=O) groups is 1. The molecule has 0 aliphatic rings. The van der Waals surface area contributed by atoms with Crippen molar-refractivity contribution >= 4 is 17.2 Å². The number of benzene rings is 1. The molecule has 19 heavy (non-hydrogen) atoms. The van der Waals surface area contributed by atoms with Gasteiger partial charge in [-0.15, -0.1) is 11.3 Å². The van der Waals surface area contributed by atoms with Crippen molar-refractivity contribution in [3.63, 3.8) is 0 Å². The van der Waals surface area contributed by atoms with Crippen molar-refractivity contribution in [1.82, 2.24) is 10.3 Å². The fraction of sp³-hybridized carbons (Fsp3) is 0.286. The molecule has 0 aliphatic heterocycles. The van der Waals surface area contributed by atoms with Gasteiger partial charge in [-0.05, 0) is 26.0 Å². The maximum absolute atomic E-state index is 12.0. The predicted molar refractivity (Wildman–Crippen MR) is 76.2 cm³/mol. The summed E-state index contributed by atoms with van der Waals surface area (Å²) in [6.45, 7) is 3.44. The monoisotopic (exact) mass is 276 g/mol. The highest BCUT2D eigenvalue weighted by Crippen LogP contribution is 2.19. The Morgan fingerprint density at radius 2 is 2.05 bits per heavy atom. The Labute approximate surface area is 116 Å². The van der Waals surface area contributed by atoms with Crippen LogP contribution in [0.1, 0.15) is 24.2 Å². The SMILES string of the molecule is CC(C)(CO)NC(=O)c1ccc(-c2cscn2)cc1. The fourth-order valence-electron chi connectivity index (χ4n) is 1.57. The van der Waals surface area contributed by atoms with Gasteiger partial charge in [0.05, 0.1) is 23.4 Å². The Kier molecular flexibility index (Phi) is 3.97. The van der Waals surface area contributed by atoms with Crippen LogP contribution in [0, 0.1) is 0 Å². The van der Waals surface area contributed by atoms with Gasteiger partial charge in [0.2, 0.25) is 0 Å². The topological polar surface area (TPSA) is 62.2 Å². The molecule has 0 saturated carbocycles. The van der Waals surface area contributed by atoms with Gasteiger partial charge in [0.15, 0.2) is 0 Å². The summed E-state index contributed by atoms with van der Waals surface area (Å²) in [5.74, 6) is -0.191. The van der Waals surface area contributed by atoms with E-state index in [9.17, 15) is 4.79 Å². The first-order valence-corrected chi connectivity index (χ1v) is 6.88. The molecule has 0 spiro atoms. The van der Waals surface area contributed by atoms with Crippen molar-refractivity contribution in [3.05, 3.63) is 40.7 Å². The van der Waals surface area contributed by atoms with E-state index in [4.69, 9.17) is 5.11 Å². The van der Waals surface area contributed by atoms with E-state index in [1.165, 1.54) is 11.3 Å². The molecule has 0 atom stereocenters. The van der Waals surface area contributed by atoms with E-state index in [0.717, 1.165) is 11.3 Å². The molecule has 0 saturated heterocycles. The summed E-state index contributed by atoms with van der Waals surface area (Å²) in [6.07, 6.45) is 0. The molecule has 0 unspecified atom stereocenters. The third-order valence-electron chi connectivity index (χ3n) is 2.72. The van der Waals surface area contributed by atoms with E-state index in [0.29, 0.717) is 5.56 Å². The van der Waals surface area contributed by atoms with Gasteiger partial charge in [0, 0.05) is 16.5 Å². The first kappa shape index (κ1) is 13.7. The zero-order valence-electron chi connectivity index (χ0n) is 10.9. The first-order valence-electron chi connectivity index (χ1n) is 5.94. The van der Waals surface area contributed by atoms with Crippen LogP contribution in [-0.4, -0.2) is 28.1 Å². The van der Waals surface area contributed by atoms with Crippen molar-refractivity contribution in [3.8, 4) is 11.3 Å². The maximum atomic E-state index is 12.0. The Hall–Kier alpha value is -1.72. The van der Waals surface area contributed by atoms with E-state index in [2.05, 4.69) is 10.3 Å². The second-order valence-electron chi connectivity index (χ2n) is 4.95. The number of hydrogen-bond donors (Lipinski definition) is 2. The fourth-order valence-corrected chi connectivity index (χ4v) is 2.13. The van der Waals surface area contributed by atoms with E-state index in [1.807, 2.05) is 17.5 Å². The third kappa shape index (κ3) is 3.39. The summed E-state index contributed by atoms with van der Waals surface area (Å²) in [5.41, 5.74) is 3.62. The highest BCUT2D eigenvalue weighted by molar-refractivity contribution is 7.07. The third-order valence-corrected chi connectivity index (χ3v) is 3.31. The lowest BCUT2D eigenvalue weighted by molar-refractivity contribution is 0.0869. The Morgan fingerprint density at radius 1 is 1.37 bits per heavy atom. The lowest BCUT2D eigenvalue weighted by atomic mass is 10.1. The predicted octanol–water partition coefficient (Wildman–Crippen LogP) is 2.31. The number of aliphatic hydroxyl groups excluding tert-OH is 1. The minimum absolute atomic E-state index is 0.102. The molecule has 0 radical (unpaired) electrons. The van der Waals surface area contributed by atoms with Crippen molar-refractivity contribution in [2.75, 3.05) is 6.61 Å². The van der Waals surface area contributed by atoms with Gasteiger partial charge in [0.1, 0.15) is 0 Å². The minimum atomic E-state index is -0.620. The molecule has 5 heteroatoms. The quantitative estimate of drug-likeness (QED) is 0.900. The normalized spacial score (nSPS) is 11.3. The number of nitrogens with one attached hydrogen (secondary N) is 1. The minimum Gasteiger partial charge on any atom is -0.394 e. The van der Waals surface area contributed by atoms with Crippen molar-refractivity contribution < 1.29 is 9.90 Å². The van der Waals surface area contributed by atoms with Crippen LogP contribution in [0.25, 0.3) is 11.3 Å². The molecule has 1 heterocycles. The largest absolute Gasteiger partial charge is 0.394 e. The van der Waals surface area contributed by atoms with E-state index in [1.54, 1.807) is 31.5 Å². The van der Waals surface area contributed by atoms with Crippen LogP contribution in [0.15, 0.2) is 35.2 Å². The number of hydrogen-bond acceptors (Lipinski definition) is 4. The molecule has 0 fully saturated rings. The van der Waals surface area contributed by atoms with Crippen molar-refractivity contribution in [2.24, 2.45) is 0 Å². The van der Waals surface area contributed by atoms with Gasteiger partial charge in [-0.25, -0.2) is 4.98 Å². The zero-order valence-corrected chi connectivity index (χ0v) is 11.7. The Bertz CT molecular complexity index is 547. The Balaban J connectivity index is 2.13. The molecule has 2 rings (SSSR count). The molecule has 0 aliphatic carbocycles. The second-order valence-corrected chi connectivity index (χ2v) is 5.67. The van der Waals surface area contributed by atoms with Crippen LogP contribution >= 0.6 is 11.3 Å². The maximum Gasteiger partial charge on any atom is 0.251 e. The number of thiazole rings is 1. The van der Waals surface area contributed by atoms with Gasteiger partial charge in [-0.1, -0.05) is 12.1 Å². The molecule has 100 valence electrons.